The molecule has 0 fully saturated rings. The zero-order valence-electron chi connectivity index (χ0n) is 10.4. The first-order chi connectivity index (χ1) is 9.29. The van der Waals surface area contributed by atoms with E-state index in [1.165, 1.54) is 16.3 Å². The van der Waals surface area contributed by atoms with E-state index in [1.807, 2.05) is 19.1 Å². The highest BCUT2D eigenvalue weighted by Crippen LogP contribution is 2.32. The number of rotatable bonds is 3. The van der Waals surface area contributed by atoms with Gasteiger partial charge in [0.1, 0.15) is 13.2 Å². The largest absolute Gasteiger partial charge is 0.486 e. The summed E-state index contributed by atoms with van der Waals surface area (Å²) in [6.07, 6.45) is 0. The van der Waals surface area contributed by atoms with Crippen LogP contribution in [0.4, 0.5) is 0 Å². The monoisotopic (exact) mass is 279 g/mol. The van der Waals surface area contributed by atoms with Crippen molar-refractivity contribution in [3.8, 4) is 17.2 Å². The standard InChI is InChI=1S/C12H13N3O3S/c1-2-19-12-14-13-11(16)15(12)8-3-4-9-10(7-8)18-6-5-17-9/h3-4,7H,2,5-6H2,1H3,(H,13,16). The fourth-order valence-electron chi connectivity index (χ4n) is 1.91. The molecule has 2 aromatic rings. The van der Waals surface area contributed by atoms with Crippen LogP contribution in [0.1, 0.15) is 6.92 Å². The lowest BCUT2D eigenvalue weighted by Gasteiger charge is -2.19. The normalized spacial score (nSPS) is 13.5. The van der Waals surface area contributed by atoms with Crippen LogP contribution in [0.3, 0.4) is 0 Å². The van der Waals surface area contributed by atoms with E-state index in [1.54, 1.807) is 6.07 Å². The van der Waals surface area contributed by atoms with Gasteiger partial charge in [-0.05, 0) is 17.9 Å². The summed E-state index contributed by atoms with van der Waals surface area (Å²) < 4.78 is 12.5. The van der Waals surface area contributed by atoms with Crippen LogP contribution in [0.2, 0.25) is 0 Å². The minimum atomic E-state index is -0.257. The number of nitrogens with zero attached hydrogens (tertiary/aromatic N) is 2. The Morgan fingerprint density at radius 3 is 2.95 bits per heavy atom. The Balaban J connectivity index is 2.07. The van der Waals surface area contributed by atoms with E-state index >= 15 is 0 Å². The van der Waals surface area contributed by atoms with Crippen LogP contribution in [-0.4, -0.2) is 33.7 Å². The maximum atomic E-state index is 11.8. The summed E-state index contributed by atoms with van der Waals surface area (Å²) in [6.45, 7) is 3.08. The Kier molecular flexibility index (Phi) is 3.20. The van der Waals surface area contributed by atoms with Crippen LogP contribution < -0.4 is 15.2 Å². The van der Waals surface area contributed by atoms with Gasteiger partial charge in [0.05, 0.1) is 5.69 Å². The molecule has 0 unspecified atom stereocenters. The summed E-state index contributed by atoms with van der Waals surface area (Å²) >= 11 is 1.50. The highest BCUT2D eigenvalue weighted by molar-refractivity contribution is 7.99. The molecule has 0 spiro atoms. The third kappa shape index (κ3) is 2.21. The Bertz CT molecular complexity index is 650. The van der Waals surface area contributed by atoms with E-state index in [2.05, 4.69) is 10.2 Å². The third-order valence-electron chi connectivity index (χ3n) is 2.70. The van der Waals surface area contributed by atoms with Gasteiger partial charge in [0.2, 0.25) is 0 Å². The van der Waals surface area contributed by atoms with E-state index in [0.29, 0.717) is 29.9 Å². The molecule has 0 saturated carbocycles. The van der Waals surface area contributed by atoms with Gasteiger partial charge in [-0.25, -0.2) is 14.5 Å². The van der Waals surface area contributed by atoms with Crippen LogP contribution in [0.15, 0.2) is 28.2 Å². The number of benzene rings is 1. The summed E-state index contributed by atoms with van der Waals surface area (Å²) in [5, 5.41) is 7.12. The van der Waals surface area contributed by atoms with E-state index in [9.17, 15) is 4.79 Å². The second-order valence-corrected chi connectivity index (χ2v) is 5.14. The molecule has 0 bridgehead atoms. The first-order valence-electron chi connectivity index (χ1n) is 6.00. The fourth-order valence-corrected chi connectivity index (χ4v) is 2.59. The first-order valence-corrected chi connectivity index (χ1v) is 6.98. The van der Waals surface area contributed by atoms with Gasteiger partial charge in [0.15, 0.2) is 16.7 Å². The maximum absolute atomic E-state index is 11.8. The van der Waals surface area contributed by atoms with Crippen molar-refractivity contribution in [3.63, 3.8) is 0 Å². The lowest BCUT2D eigenvalue weighted by molar-refractivity contribution is 0.171. The Hall–Kier alpha value is -1.89. The second kappa shape index (κ2) is 5.00. The number of ether oxygens (including phenoxy) is 2. The minimum Gasteiger partial charge on any atom is -0.486 e. The Labute approximate surface area is 113 Å². The van der Waals surface area contributed by atoms with Gasteiger partial charge in [-0.3, -0.25) is 0 Å². The Morgan fingerprint density at radius 2 is 2.16 bits per heavy atom. The number of hydrogen-bond acceptors (Lipinski definition) is 5. The van der Waals surface area contributed by atoms with Crippen molar-refractivity contribution in [1.29, 1.82) is 0 Å². The quantitative estimate of drug-likeness (QED) is 0.861. The van der Waals surface area contributed by atoms with Crippen molar-refractivity contribution in [2.24, 2.45) is 0 Å². The zero-order chi connectivity index (χ0) is 13.2. The van der Waals surface area contributed by atoms with Crippen molar-refractivity contribution in [3.05, 3.63) is 28.7 Å². The topological polar surface area (TPSA) is 69.1 Å². The van der Waals surface area contributed by atoms with Crippen molar-refractivity contribution < 1.29 is 9.47 Å². The molecule has 2 heterocycles. The number of aromatic nitrogens is 3. The molecule has 3 rings (SSSR count). The number of fused-ring (bicyclic) bond motifs is 1. The molecule has 1 aliphatic rings. The number of aromatic amines is 1. The van der Waals surface area contributed by atoms with Gasteiger partial charge in [0.25, 0.3) is 0 Å². The van der Waals surface area contributed by atoms with Crippen molar-refractivity contribution in [1.82, 2.24) is 14.8 Å². The number of nitrogens with one attached hydrogen (secondary N) is 1. The molecular formula is C12H13N3O3S. The van der Waals surface area contributed by atoms with Gasteiger partial charge in [0, 0.05) is 6.07 Å². The predicted octanol–water partition coefficient (Wildman–Crippen LogP) is 1.44. The molecule has 1 aromatic carbocycles. The van der Waals surface area contributed by atoms with Gasteiger partial charge in [-0.1, -0.05) is 18.7 Å². The highest BCUT2D eigenvalue weighted by atomic mass is 32.2. The average Bonchev–Trinajstić information content (AvgIpc) is 2.80. The summed E-state index contributed by atoms with van der Waals surface area (Å²) in [6, 6.07) is 5.43. The lowest BCUT2D eigenvalue weighted by Crippen LogP contribution is -2.18. The Morgan fingerprint density at radius 1 is 1.37 bits per heavy atom. The molecule has 100 valence electrons. The van der Waals surface area contributed by atoms with Crippen LogP contribution in [-0.2, 0) is 0 Å². The van der Waals surface area contributed by atoms with Crippen LogP contribution in [0.25, 0.3) is 5.69 Å². The minimum absolute atomic E-state index is 0.257. The van der Waals surface area contributed by atoms with Gasteiger partial charge in [-0.2, -0.15) is 0 Å². The van der Waals surface area contributed by atoms with E-state index in [0.717, 1.165) is 11.4 Å². The van der Waals surface area contributed by atoms with Gasteiger partial charge in [-0.15, -0.1) is 5.10 Å². The number of thioether (sulfide) groups is 1. The molecule has 6 nitrogen and oxygen atoms in total. The summed E-state index contributed by atoms with van der Waals surface area (Å²) in [4.78, 5) is 11.8. The molecule has 1 aromatic heterocycles. The lowest BCUT2D eigenvalue weighted by atomic mass is 10.2. The number of hydrogen-bond donors (Lipinski definition) is 1. The van der Waals surface area contributed by atoms with Crippen molar-refractivity contribution in [2.75, 3.05) is 19.0 Å². The summed E-state index contributed by atoms with van der Waals surface area (Å²) in [5.41, 5.74) is 0.464. The SMILES string of the molecule is CCSc1n[nH]c(=O)n1-c1ccc2c(c1)OCCO2. The molecule has 7 heteroatoms. The molecule has 0 radical (unpaired) electrons. The van der Waals surface area contributed by atoms with Crippen molar-refractivity contribution >= 4 is 11.8 Å². The molecule has 1 N–H and O–H groups in total. The highest BCUT2D eigenvalue weighted by Gasteiger charge is 2.15. The van der Waals surface area contributed by atoms with Crippen molar-refractivity contribution in [2.45, 2.75) is 12.1 Å². The van der Waals surface area contributed by atoms with Gasteiger partial charge < -0.3 is 9.47 Å². The van der Waals surface area contributed by atoms with E-state index in [4.69, 9.17) is 9.47 Å². The molecule has 0 amide bonds. The van der Waals surface area contributed by atoms with E-state index < -0.39 is 0 Å². The van der Waals surface area contributed by atoms with E-state index in [-0.39, 0.29) is 5.69 Å². The summed E-state index contributed by atoms with van der Waals surface area (Å²) in [7, 11) is 0. The van der Waals surface area contributed by atoms with Crippen LogP contribution >= 0.6 is 11.8 Å². The third-order valence-corrected chi connectivity index (χ3v) is 3.52. The molecular weight excluding hydrogens is 266 g/mol. The number of H-pyrrole nitrogens is 1. The zero-order valence-corrected chi connectivity index (χ0v) is 11.2. The maximum Gasteiger partial charge on any atom is 0.348 e. The molecule has 0 saturated heterocycles. The fraction of sp³-hybridized carbons (Fsp3) is 0.333. The van der Waals surface area contributed by atoms with Crippen LogP contribution in [0.5, 0.6) is 11.5 Å². The predicted molar refractivity (Wildman–Crippen MR) is 71.6 cm³/mol. The molecule has 0 aliphatic carbocycles. The second-order valence-electron chi connectivity index (χ2n) is 3.91. The van der Waals surface area contributed by atoms with Crippen LogP contribution in [0, 0.1) is 0 Å². The average molecular weight is 279 g/mol. The molecule has 0 atom stereocenters. The summed E-state index contributed by atoms with van der Waals surface area (Å²) in [5.74, 6) is 2.20. The smallest absolute Gasteiger partial charge is 0.348 e. The molecule has 19 heavy (non-hydrogen) atoms. The van der Waals surface area contributed by atoms with Gasteiger partial charge >= 0.3 is 5.69 Å². The molecule has 1 aliphatic heterocycles. The first kappa shape index (κ1) is 12.2.